The van der Waals surface area contributed by atoms with Gasteiger partial charge in [-0.1, -0.05) is 44.4 Å². The zero-order valence-electron chi connectivity index (χ0n) is 15.5. The normalized spacial score (nSPS) is 17.8. The van der Waals surface area contributed by atoms with Crippen LogP contribution in [0.15, 0.2) is 29.2 Å². The van der Waals surface area contributed by atoms with Gasteiger partial charge in [-0.25, -0.2) is 13.2 Å². The first-order valence-electron chi connectivity index (χ1n) is 8.95. The third kappa shape index (κ3) is 3.92. The monoisotopic (exact) mass is 381 g/mol. The van der Waals surface area contributed by atoms with Crippen molar-refractivity contribution < 1.29 is 23.1 Å². The number of rotatable bonds is 7. The van der Waals surface area contributed by atoms with Gasteiger partial charge in [-0.05, 0) is 44.2 Å². The van der Waals surface area contributed by atoms with Gasteiger partial charge in [0, 0.05) is 0 Å². The van der Waals surface area contributed by atoms with Crippen LogP contribution in [-0.2, 0) is 19.4 Å². The fourth-order valence-corrected chi connectivity index (χ4v) is 5.56. The third-order valence-electron chi connectivity index (χ3n) is 4.98. The van der Waals surface area contributed by atoms with Gasteiger partial charge in [0.2, 0.25) is 5.91 Å². The maximum absolute atomic E-state index is 13.3. The molecule has 0 radical (unpaired) electrons. The average molecular weight is 381 g/mol. The zero-order chi connectivity index (χ0) is 19.5. The maximum atomic E-state index is 13.3. The number of hydrogen-bond donors (Lipinski definition) is 2. The van der Waals surface area contributed by atoms with Gasteiger partial charge < -0.3 is 10.4 Å². The van der Waals surface area contributed by atoms with E-state index in [9.17, 15) is 23.1 Å². The van der Waals surface area contributed by atoms with Crippen LogP contribution in [0.25, 0.3) is 0 Å². The molecule has 0 spiro atoms. The molecule has 26 heavy (non-hydrogen) atoms. The van der Waals surface area contributed by atoms with Crippen molar-refractivity contribution in [1.82, 2.24) is 5.32 Å². The lowest BCUT2D eigenvalue weighted by Crippen LogP contribution is -2.55. The molecule has 0 saturated heterocycles. The summed E-state index contributed by atoms with van der Waals surface area (Å²) in [5.74, 6) is -1.78. The molecule has 6 nitrogen and oxygen atoms in total. The molecule has 2 N–H and O–H groups in total. The molecule has 0 unspecified atom stereocenters. The van der Waals surface area contributed by atoms with Gasteiger partial charge in [0.05, 0.1) is 4.90 Å². The number of carbonyl (C=O) groups is 2. The molecule has 0 aromatic heterocycles. The van der Waals surface area contributed by atoms with E-state index in [-0.39, 0.29) is 30.1 Å². The quantitative estimate of drug-likeness (QED) is 0.756. The van der Waals surface area contributed by atoms with E-state index in [0.29, 0.717) is 12.8 Å². The van der Waals surface area contributed by atoms with Gasteiger partial charge in [0.15, 0.2) is 14.6 Å². The van der Waals surface area contributed by atoms with Crippen LogP contribution in [0.4, 0.5) is 0 Å². The number of carboxylic acid groups (broad SMARTS) is 1. The van der Waals surface area contributed by atoms with Crippen LogP contribution < -0.4 is 5.32 Å². The first-order chi connectivity index (χ1) is 12.1. The van der Waals surface area contributed by atoms with Crippen molar-refractivity contribution in [2.24, 2.45) is 5.92 Å². The molecule has 1 aliphatic carbocycles. The van der Waals surface area contributed by atoms with E-state index in [2.05, 4.69) is 5.32 Å². The summed E-state index contributed by atoms with van der Waals surface area (Å²) in [6, 6.07) is 5.34. The lowest BCUT2D eigenvalue weighted by Gasteiger charge is -2.29. The van der Waals surface area contributed by atoms with Gasteiger partial charge in [0.1, 0.15) is 6.04 Å². The first kappa shape index (κ1) is 20.4. The molecule has 1 aliphatic rings. The fourth-order valence-electron chi connectivity index (χ4n) is 3.49. The molecule has 1 amide bonds. The summed E-state index contributed by atoms with van der Waals surface area (Å²) in [6.07, 6.45) is 1.93. The van der Waals surface area contributed by atoms with Gasteiger partial charge >= 0.3 is 5.97 Å². The maximum Gasteiger partial charge on any atom is 0.326 e. The van der Waals surface area contributed by atoms with Crippen LogP contribution in [0, 0.1) is 12.8 Å². The number of sulfone groups is 1. The zero-order valence-corrected chi connectivity index (χ0v) is 16.3. The number of amides is 1. The van der Waals surface area contributed by atoms with Crippen molar-refractivity contribution in [2.75, 3.05) is 0 Å². The smallest absolute Gasteiger partial charge is 0.326 e. The Morgan fingerprint density at radius 3 is 2.15 bits per heavy atom. The minimum Gasteiger partial charge on any atom is -0.480 e. The largest absolute Gasteiger partial charge is 0.480 e. The molecular formula is C19H27NO5S. The average Bonchev–Trinajstić information content (AvgIpc) is 3.05. The first-order valence-corrected chi connectivity index (χ1v) is 10.4. The highest BCUT2D eigenvalue weighted by atomic mass is 32.2. The summed E-state index contributed by atoms with van der Waals surface area (Å²) in [7, 11) is -3.92. The van der Waals surface area contributed by atoms with Crippen molar-refractivity contribution >= 4 is 21.7 Å². The minimum absolute atomic E-state index is 0.0598. The highest BCUT2D eigenvalue weighted by molar-refractivity contribution is 7.93. The number of aryl methyl sites for hydroxylation is 1. The Labute approximate surface area is 154 Å². The fraction of sp³-hybridized carbons (Fsp3) is 0.579. The molecule has 0 heterocycles. The molecule has 1 fully saturated rings. The van der Waals surface area contributed by atoms with Crippen molar-refractivity contribution in [1.29, 1.82) is 0 Å². The van der Waals surface area contributed by atoms with E-state index >= 15 is 0 Å². The second-order valence-corrected chi connectivity index (χ2v) is 9.77. The van der Waals surface area contributed by atoms with Crippen LogP contribution in [0.1, 0.15) is 51.5 Å². The third-order valence-corrected chi connectivity index (χ3v) is 7.50. The minimum atomic E-state index is -3.92. The Morgan fingerprint density at radius 1 is 1.15 bits per heavy atom. The number of hydrogen-bond acceptors (Lipinski definition) is 4. The second-order valence-electron chi connectivity index (χ2n) is 7.51. The number of carbonyl (C=O) groups excluding carboxylic acids is 1. The van der Waals surface area contributed by atoms with Crippen molar-refractivity contribution in [3.63, 3.8) is 0 Å². The molecule has 2 rings (SSSR count). The predicted octanol–water partition coefficient (Wildman–Crippen LogP) is 2.70. The molecule has 0 bridgehead atoms. The van der Waals surface area contributed by atoms with E-state index in [0.717, 1.165) is 5.56 Å². The standard InChI is InChI=1S/C19H27NO5S/c1-13(2)12-16(17(21)22)20-18(23)19(10-4-5-11-19)26(24,25)15-8-6-14(3)7-9-15/h6-9,13,16H,4-5,10-12H2,1-3H3,(H,20,23)(H,21,22)/t16-/m1/s1. The summed E-state index contributed by atoms with van der Waals surface area (Å²) in [4.78, 5) is 24.6. The molecule has 144 valence electrons. The second kappa shape index (κ2) is 7.78. The van der Waals surface area contributed by atoms with E-state index in [1.54, 1.807) is 12.1 Å². The highest BCUT2D eigenvalue weighted by Crippen LogP contribution is 2.41. The van der Waals surface area contributed by atoms with Gasteiger partial charge in [-0.3, -0.25) is 4.79 Å². The Morgan fingerprint density at radius 2 is 1.69 bits per heavy atom. The predicted molar refractivity (Wildman–Crippen MR) is 98.6 cm³/mol. The van der Waals surface area contributed by atoms with Crippen molar-refractivity contribution in [3.8, 4) is 0 Å². The molecule has 1 atom stereocenters. The highest BCUT2D eigenvalue weighted by Gasteiger charge is 2.53. The SMILES string of the molecule is Cc1ccc(S(=O)(=O)C2(C(=O)N[C@H](CC(C)C)C(=O)O)CCCC2)cc1. The van der Waals surface area contributed by atoms with Gasteiger partial charge in [-0.15, -0.1) is 0 Å². The van der Waals surface area contributed by atoms with E-state index in [4.69, 9.17) is 0 Å². The van der Waals surface area contributed by atoms with E-state index < -0.39 is 32.5 Å². The lowest BCUT2D eigenvalue weighted by molar-refractivity contribution is -0.142. The summed E-state index contributed by atoms with van der Waals surface area (Å²) in [6.45, 7) is 5.57. The molecular weight excluding hydrogens is 354 g/mol. The summed E-state index contributed by atoms with van der Waals surface area (Å²) < 4.78 is 25.0. The van der Waals surface area contributed by atoms with Crippen LogP contribution in [0.3, 0.4) is 0 Å². The van der Waals surface area contributed by atoms with E-state index in [1.807, 2.05) is 20.8 Å². The number of aliphatic carboxylic acids is 1. The Bertz CT molecular complexity index is 762. The van der Waals surface area contributed by atoms with Crippen molar-refractivity contribution in [3.05, 3.63) is 29.8 Å². The molecule has 1 aromatic carbocycles. The van der Waals surface area contributed by atoms with Gasteiger partial charge in [0.25, 0.3) is 0 Å². The van der Waals surface area contributed by atoms with Crippen LogP contribution in [0.5, 0.6) is 0 Å². The molecule has 0 aliphatic heterocycles. The van der Waals surface area contributed by atoms with Crippen LogP contribution >= 0.6 is 0 Å². The molecule has 7 heteroatoms. The summed E-state index contributed by atoms with van der Waals surface area (Å²) in [5, 5.41) is 11.9. The molecule has 1 aromatic rings. The van der Waals surface area contributed by atoms with Crippen LogP contribution in [-0.4, -0.2) is 36.2 Å². The van der Waals surface area contributed by atoms with Crippen molar-refractivity contribution in [2.45, 2.75) is 68.6 Å². The van der Waals surface area contributed by atoms with E-state index in [1.165, 1.54) is 12.1 Å². The summed E-state index contributed by atoms with van der Waals surface area (Å²) in [5.41, 5.74) is 0.928. The topological polar surface area (TPSA) is 101 Å². The lowest BCUT2D eigenvalue weighted by atomic mass is 10.0. The Balaban J connectivity index is 2.38. The summed E-state index contributed by atoms with van der Waals surface area (Å²) >= 11 is 0. The molecule has 1 saturated carbocycles. The van der Waals surface area contributed by atoms with Gasteiger partial charge in [-0.2, -0.15) is 0 Å². The Hall–Kier alpha value is -1.89. The van der Waals surface area contributed by atoms with Crippen LogP contribution in [0.2, 0.25) is 0 Å². The Kier molecular flexibility index (Phi) is 6.11. The number of carboxylic acids is 1. The number of benzene rings is 1. The number of nitrogens with one attached hydrogen (secondary N) is 1.